The number of nitrogens with one attached hydrogen (secondary N) is 1. The number of rotatable bonds is 2. The van der Waals surface area contributed by atoms with Crippen molar-refractivity contribution in [2.24, 2.45) is 7.05 Å². The highest BCUT2D eigenvalue weighted by Gasteiger charge is 2.17. The topological polar surface area (TPSA) is 83.8 Å². The van der Waals surface area contributed by atoms with Gasteiger partial charge in [-0.2, -0.15) is 10.2 Å². The molecular formula is C14H14N4O2. The molecule has 0 saturated carbocycles. The smallest absolute Gasteiger partial charge is 0.335 e. The lowest BCUT2D eigenvalue weighted by atomic mass is 10.0. The second kappa shape index (κ2) is 4.19. The molecule has 6 nitrogen and oxygen atoms in total. The minimum atomic E-state index is -0.947. The van der Waals surface area contributed by atoms with Gasteiger partial charge in [0.15, 0.2) is 0 Å². The zero-order valence-electron chi connectivity index (χ0n) is 11.4. The third-order valence-corrected chi connectivity index (χ3v) is 3.56. The Morgan fingerprint density at radius 1 is 1.35 bits per heavy atom. The third-order valence-electron chi connectivity index (χ3n) is 3.56. The summed E-state index contributed by atoms with van der Waals surface area (Å²) in [6, 6.07) is 4.96. The number of fused-ring (bicyclic) bond motifs is 1. The molecule has 20 heavy (non-hydrogen) atoms. The number of carboxylic acids is 1. The zero-order chi connectivity index (χ0) is 14.4. The number of carbonyl (C=O) groups is 1. The molecule has 0 bridgehead atoms. The van der Waals surface area contributed by atoms with E-state index in [4.69, 9.17) is 5.11 Å². The highest BCUT2D eigenvalue weighted by atomic mass is 16.4. The quantitative estimate of drug-likeness (QED) is 0.748. The third kappa shape index (κ3) is 1.69. The average molecular weight is 270 g/mol. The lowest BCUT2D eigenvalue weighted by Gasteiger charge is -1.99. The normalized spacial score (nSPS) is 11.2. The first-order valence-electron chi connectivity index (χ1n) is 6.21. The van der Waals surface area contributed by atoms with E-state index in [1.807, 2.05) is 25.6 Å². The fraction of sp³-hybridized carbons (Fsp3) is 0.214. The maximum atomic E-state index is 11.0. The summed E-state index contributed by atoms with van der Waals surface area (Å²) in [5.41, 5.74) is 4.68. The maximum absolute atomic E-state index is 11.0. The molecule has 2 heterocycles. The van der Waals surface area contributed by atoms with E-state index in [0.29, 0.717) is 5.52 Å². The maximum Gasteiger partial charge on any atom is 0.335 e. The van der Waals surface area contributed by atoms with E-state index < -0.39 is 5.97 Å². The summed E-state index contributed by atoms with van der Waals surface area (Å²) in [5.74, 6) is -0.947. The fourth-order valence-corrected chi connectivity index (χ4v) is 2.46. The van der Waals surface area contributed by atoms with Gasteiger partial charge in [0.2, 0.25) is 0 Å². The number of aromatic carboxylic acids is 1. The van der Waals surface area contributed by atoms with Crippen molar-refractivity contribution in [3.63, 3.8) is 0 Å². The summed E-state index contributed by atoms with van der Waals surface area (Å²) in [6.45, 7) is 3.93. The first kappa shape index (κ1) is 12.4. The molecule has 0 amide bonds. The number of nitrogens with zero attached hydrogens (tertiary/aromatic N) is 3. The van der Waals surface area contributed by atoms with E-state index in [1.165, 1.54) is 0 Å². The number of hydrogen-bond acceptors (Lipinski definition) is 3. The zero-order valence-corrected chi connectivity index (χ0v) is 11.4. The Labute approximate surface area is 115 Å². The Morgan fingerprint density at radius 3 is 2.70 bits per heavy atom. The van der Waals surface area contributed by atoms with Gasteiger partial charge in [0.05, 0.1) is 16.8 Å². The lowest BCUT2D eigenvalue weighted by molar-refractivity contribution is 0.0697. The highest BCUT2D eigenvalue weighted by molar-refractivity contribution is 5.98. The molecule has 2 aromatic heterocycles. The second-order valence-corrected chi connectivity index (χ2v) is 4.81. The molecule has 0 atom stereocenters. The van der Waals surface area contributed by atoms with Crippen molar-refractivity contribution in [1.29, 1.82) is 0 Å². The summed E-state index contributed by atoms with van der Waals surface area (Å²) >= 11 is 0. The van der Waals surface area contributed by atoms with Crippen LogP contribution in [-0.2, 0) is 7.05 Å². The molecule has 0 saturated heterocycles. The molecular weight excluding hydrogens is 256 g/mol. The molecule has 2 N–H and O–H groups in total. The predicted octanol–water partition coefficient (Wildman–Crippen LogP) is 2.28. The van der Waals surface area contributed by atoms with Gasteiger partial charge in [0, 0.05) is 23.7 Å². The molecule has 3 aromatic rings. The highest BCUT2D eigenvalue weighted by Crippen LogP contribution is 2.31. The first-order valence-corrected chi connectivity index (χ1v) is 6.21. The van der Waals surface area contributed by atoms with Crippen LogP contribution < -0.4 is 0 Å². The predicted molar refractivity (Wildman–Crippen MR) is 74.7 cm³/mol. The van der Waals surface area contributed by atoms with Crippen molar-refractivity contribution < 1.29 is 9.90 Å². The minimum Gasteiger partial charge on any atom is -0.478 e. The van der Waals surface area contributed by atoms with E-state index in [1.54, 1.807) is 18.2 Å². The Bertz CT molecular complexity index is 829. The monoisotopic (exact) mass is 270 g/mol. The molecule has 0 spiro atoms. The lowest BCUT2D eigenvalue weighted by Crippen LogP contribution is -1.95. The number of aromatic nitrogens is 4. The molecule has 102 valence electrons. The Balaban J connectivity index is 2.25. The van der Waals surface area contributed by atoms with E-state index in [2.05, 4.69) is 15.3 Å². The van der Waals surface area contributed by atoms with Crippen LogP contribution in [0.25, 0.3) is 22.2 Å². The molecule has 0 aliphatic rings. The number of hydrogen-bond donors (Lipinski definition) is 2. The average Bonchev–Trinajstić information content (AvgIpc) is 2.91. The van der Waals surface area contributed by atoms with Gasteiger partial charge < -0.3 is 5.11 Å². The van der Waals surface area contributed by atoms with Crippen molar-refractivity contribution >= 4 is 16.9 Å². The molecule has 3 rings (SSSR count). The molecule has 0 aliphatic carbocycles. The molecule has 0 fully saturated rings. The number of carboxylic acid groups (broad SMARTS) is 1. The van der Waals surface area contributed by atoms with Crippen molar-refractivity contribution in [1.82, 2.24) is 20.0 Å². The van der Waals surface area contributed by atoms with Gasteiger partial charge in [0.1, 0.15) is 5.69 Å². The van der Waals surface area contributed by atoms with Crippen LogP contribution in [0.5, 0.6) is 0 Å². The number of benzene rings is 1. The number of aromatic amines is 1. The van der Waals surface area contributed by atoms with Crippen LogP contribution in [0.1, 0.15) is 21.7 Å². The molecule has 0 radical (unpaired) electrons. The molecule has 0 unspecified atom stereocenters. The van der Waals surface area contributed by atoms with Gasteiger partial charge in [-0.15, -0.1) is 0 Å². The molecule has 1 aromatic carbocycles. The molecule has 6 heteroatoms. The summed E-state index contributed by atoms with van der Waals surface area (Å²) < 4.78 is 1.82. The van der Waals surface area contributed by atoms with Gasteiger partial charge in [-0.25, -0.2) is 4.79 Å². The summed E-state index contributed by atoms with van der Waals surface area (Å²) in [6.07, 6.45) is 0. The summed E-state index contributed by atoms with van der Waals surface area (Å²) in [5, 5.41) is 21.5. The minimum absolute atomic E-state index is 0.243. The Kier molecular flexibility index (Phi) is 2.60. The Morgan fingerprint density at radius 2 is 2.10 bits per heavy atom. The Hall–Kier alpha value is -2.63. The van der Waals surface area contributed by atoms with Crippen LogP contribution in [0.2, 0.25) is 0 Å². The standard InChI is InChI=1S/C14H14N4O2/c1-7-12(8(2)18(3)17-7)13-10-5-4-9(14(19)20)6-11(10)15-16-13/h4-6H,1-3H3,(H,15,16)(H,19,20). The van der Waals surface area contributed by atoms with Crippen molar-refractivity contribution in [2.75, 3.05) is 0 Å². The molecule has 0 aliphatic heterocycles. The summed E-state index contributed by atoms with van der Waals surface area (Å²) in [4.78, 5) is 11.0. The van der Waals surface area contributed by atoms with Crippen LogP contribution in [0.3, 0.4) is 0 Å². The van der Waals surface area contributed by atoms with Gasteiger partial charge >= 0.3 is 5.97 Å². The van der Waals surface area contributed by atoms with Gasteiger partial charge in [0.25, 0.3) is 0 Å². The van der Waals surface area contributed by atoms with E-state index in [0.717, 1.165) is 28.0 Å². The van der Waals surface area contributed by atoms with Crippen LogP contribution >= 0.6 is 0 Å². The van der Waals surface area contributed by atoms with Gasteiger partial charge in [-0.1, -0.05) is 0 Å². The number of H-pyrrole nitrogens is 1. The summed E-state index contributed by atoms with van der Waals surface area (Å²) in [7, 11) is 1.89. The van der Waals surface area contributed by atoms with Crippen molar-refractivity contribution in [2.45, 2.75) is 13.8 Å². The van der Waals surface area contributed by atoms with Gasteiger partial charge in [-0.05, 0) is 32.0 Å². The SMILES string of the molecule is Cc1nn(C)c(C)c1-c1n[nH]c2cc(C(=O)O)ccc12. The largest absolute Gasteiger partial charge is 0.478 e. The van der Waals surface area contributed by atoms with Crippen LogP contribution in [0, 0.1) is 13.8 Å². The van der Waals surface area contributed by atoms with Gasteiger partial charge in [-0.3, -0.25) is 9.78 Å². The van der Waals surface area contributed by atoms with Crippen LogP contribution in [-0.4, -0.2) is 31.1 Å². The van der Waals surface area contributed by atoms with E-state index in [-0.39, 0.29) is 5.56 Å². The first-order chi connectivity index (χ1) is 9.49. The van der Waals surface area contributed by atoms with Crippen molar-refractivity contribution in [3.8, 4) is 11.3 Å². The second-order valence-electron chi connectivity index (χ2n) is 4.81. The van der Waals surface area contributed by atoms with E-state index >= 15 is 0 Å². The van der Waals surface area contributed by atoms with Crippen molar-refractivity contribution in [3.05, 3.63) is 35.2 Å². The number of aryl methyl sites for hydroxylation is 2. The van der Waals surface area contributed by atoms with E-state index in [9.17, 15) is 4.79 Å². The van der Waals surface area contributed by atoms with Crippen LogP contribution in [0.4, 0.5) is 0 Å². The van der Waals surface area contributed by atoms with Crippen LogP contribution in [0.15, 0.2) is 18.2 Å². The fourth-order valence-electron chi connectivity index (χ4n) is 2.46.